The molecule has 92 valence electrons. The maximum absolute atomic E-state index is 12.2. The van der Waals surface area contributed by atoms with Crippen molar-refractivity contribution < 1.29 is 4.79 Å². The first-order valence-electron chi connectivity index (χ1n) is 6.80. The molecular formula is C13H24N2O. The molecule has 0 aromatic heterocycles. The molecule has 0 radical (unpaired) electrons. The number of hydrogen-bond acceptors (Lipinski definition) is 2. The average Bonchev–Trinajstić information content (AvgIpc) is 2.83. The molecular weight excluding hydrogens is 200 g/mol. The lowest BCUT2D eigenvalue weighted by Crippen LogP contribution is -2.41. The molecule has 0 bridgehead atoms. The molecule has 0 aromatic carbocycles. The maximum atomic E-state index is 12.2. The number of piperidine rings is 1. The van der Waals surface area contributed by atoms with Gasteiger partial charge in [0.1, 0.15) is 0 Å². The van der Waals surface area contributed by atoms with Gasteiger partial charge in [-0.25, -0.2) is 0 Å². The lowest BCUT2D eigenvalue weighted by molar-refractivity contribution is -0.136. The van der Waals surface area contributed by atoms with Crippen LogP contribution in [0.1, 0.15) is 44.9 Å². The van der Waals surface area contributed by atoms with Gasteiger partial charge in [-0.2, -0.15) is 0 Å². The largest absolute Gasteiger partial charge is 0.342 e. The van der Waals surface area contributed by atoms with Crippen molar-refractivity contribution in [2.24, 2.45) is 17.6 Å². The highest BCUT2D eigenvalue weighted by molar-refractivity contribution is 5.79. The SMILES string of the molecule is NCCC1CCN(C(=O)C2CCCC2)CC1. The highest BCUT2D eigenvalue weighted by Gasteiger charge is 2.29. The summed E-state index contributed by atoms with van der Waals surface area (Å²) in [6.45, 7) is 2.74. The number of amides is 1. The minimum atomic E-state index is 0.353. The van der Waals surface area contributed by atoms with Crippen molar-refractivity contribution >= 4 is 5.91 Å². The minimum absolute atomic E-state index is 0.353. The zero-order chi connectivity index (χ0) is 11.4. The highest BCUT2D eigenvalue weighted by atomic mass is 16.2. The van der Waals surface area contributed by atoms with E-state index >= 15 is 0 Å². The van der Waals surface area contributed by atoms with Crippen LogP contribution in [-0.4, -0.2) is 30.4 Å². The topological polar surface area (TPSA) is 46.3 Å². The van der Waals surface area contributed by atoms with Gasteiger partial charge in [-0.1, -0.05) is 12.8 Å². The van der Waals surface area contributed by atoms with Gasteiger partial charge in [0, 0.05) is 19.0 Å². The fourth-order valence-corrected chi connectivity index (χ4v) is 3.11. The van der Waals surface area contributed by atoms with E-state index in [0.717, 1.165) is 57.7 Å². The number of carbonyl (C=O) groups excluding carboxylic acids is 1. The van der Waals surface area contributed by atoms with Crippen LogP contribution in [0.3, 0.4) is 0 Å². The smallest absolute Gasteiger partial charge is 0.225 e. The first-order chi connectivity index (χ1) is 7.81. The van der Waals surface area contributed by atoms with Gasteiger partial charge in [0.25, 0.3) is 0 Å². The molecule has 1 aliphatic heterocycles. The van der Waals surface area contributed by atoms with E-state index in [1.807, 2.05) is 0 Å². The number of likely N-dealkylation sites (tertiary alicyclic amines) is 1. The molecule has 1 saturated carbocycles. The lowest BCUT2D eigenvalue weighted by atomic mass is 9.92. The van der Waals surface area contributed by atoms with Crippen LogP contribution in [0.2, 0.25) is 0 Å². The van der Waals surface area contributed by atoms with Crippen LogP contribution in [0.25, 0.3) is 0 Å². The fraction of sp³-hybridized carbons (Fsp3) is 0.923. The molecule has 3 nitrogen and oxygen atoms in total. The third-order valence-corrected chi connectivity index (χ3v) is 4.21. The Balaban J connectivity index is 1.77. The summed E-state index contributed by atoms with van der Waals surface area (Å²) < 4.78 is 0. The Bertz CT molecular complexity index is 228. The van der Waals surface area contributed by atoms with Gasteiger partial charge >= 0.3 is 0 Å². The van der Waals surface area contributed by atoms with Gasteiger partial charge in [-0.05, 0) is 44.6 Å². The normalized spacial score (nSPS) is 23.9. The first kappa shape index (κ1) is 11.9. The number of nitrogens with zero attached hydrogens (tertiary/aromatic N) is 1. The van der Waals surface area contributed by atoms with E-state index in [1.165, 1.54) is 12.8 Å². The Kier molecular flexibility index (Phi) is 4.22. The van der Waals surface area contributed by atoms with Crippen molar-refractivity contribution in [3.05, 3.63) is 0 Å². The third kappa shape index (κ3) is 2.76. The second kappa shape index (κ2) is 5.67. The summed E-state index contributed by atoms with van der Waals surface area (Å²) in [6, 6.07) is 0. The maximum Gasteiger partial charge on any atom is 0.225 e. The zero-order valence-corrected chi connectivity index (χ0v) is 10.2. The zero-order valence-electron chi connectivity index (χ0n) is 10.2. The van der Waals surface area contributed by atoms with Gasteiger partial charge < -0.3 is 10.6 Å². The van der Waals surface area contributed by atoms with E-state index in [0.29, 0.717) is 11.8 Å². The molecule has 1 heterocycles. The van der Waals surface area contributed by atoms with Gasteiger partial charge in [0.2, 0.25) is 5.91 Å². The van der Waals surface area contributed by atoms with E-state index in [-0.39, 0.29) is 0 Å². The Morgan fingerprint density at radius 3 is 2.31 bits per heavy atom. The molecule has 16 heavy (non-hydrogen) atoms. The summed E-state index contributed by atoms with van der Waals surface area (Å²) in [4.78, 5) is 14.3. The van der Waals surface area contributed by atoms with E-state index in [1.54, 1.807) is 0 Å². The number of nitrogens with two attached hydrogens (primary N) is 1. The molecule has 2 N–H and O–H groups in total. The first-order valence-corrected chi connectivity index (χ1v) is 6.80. The summed E-state index contributed by atoms with van der Waals surface area (Å²) in [6.07, 6.45) is 8.21. The van der Waals surface area contributed by atoms with E-state index in [2.05, 4.69) is 4.90 Å². The lowest BCUT2D eigenvalue weighted by Gasteiger charge is -2.33. The second-order valence-corrected chi connectivity index (χ2v) is 5.33. The molecule has 0 aromatic rings. The summed E-state index contributed by atoms with van der Waals surface area (Å²) >= 11 is 0. The van der Waals surface area contributed by atoms with E-state index in [4.69, 9.17) is 5.73 Å². The van der Waals surface area contributed by atoms with Crippen LogP contribution in [0.4, 0.5) is 0 Å². The van der Waals surface area contributed by atoms with Crippen molar-refractivity contribution in [2.75, 3.05) is 19.6 Å². The highest BCUT2D eigenvalue weighted by Crippen LogP contribution is 2.28. The van der Waals surface area contributed by atoms with Crippen LogP contribution in [0, 0.1) is 11.8 Å². The van der Waals surface area contributed by atoms with Crippen LogP contribution < -0.4 is 5.73 Å². The predicted octanol–water partition coefficient (Wildman–Crippen LogP) is 1.76. The Hall–Kier alpha value is -0.570. The van der Waals surface area contributed by atoms with Crippen LogP contribution in [-0.2, 0) is 4.79 Å². The van der Waals surface area contributed by atoms with Crippen molar-refractivity contribution in [1.82, 2.24) is 4.90 Å². The molecule has 2 rings (SSSR count). The Morgan fingerprint density at radius 1 is 1.12 bits per heavy atom. The standard InChI is InChI=1S/C13H24N2O/c14-8-5-11-6-9-15(10-7-11)13(16)12-3-1-2-4-12/h11-12H,1-10,14H2. The Morgan fingerprint density at radius 2 is 1.75 bits per heavy atom. The second-order valence-electron chi connectivity index (χ2n) is 5.33. The predicted molar refractivity (Wildman–Crippen MR) is 64.9 cm³/mol. The van der Waals surface area contributed by atoms with Gasteiger partial charge in [-0.3, -0.25) is 4.79 Å². The minimum Gasteiger partial charge on any atom is -0.342 e. The van der Waals surface area contributed by atoms with Gasteiger partial charge in [0.05, 0.1) is 0 Å². The van der Waals surface area contributed by atoms with Crippen molar-refractivity contribution in [1.29, 1.82) is 0 Å². The Labute approximate surface area is 98.4 Å². The van der Waals surface area contributed by atoms with Gasteiger partial charge in [-0.15, -0.1) is 0 Å². The molecule has 1 amide bonds. The summed E-state index contributed by atoms with van der Waals surface area (Å²) in [5.41, 5.74) is 5.57. The van der Waals surface area contributed by atoms with Crippen molar-refractivity contribution in [2.45, 2.75) is 44.9 Å². The van der Waals surface area contributed by atoms with Crippen molar-refractivity contribution in [3.63, 3.8) is 0 Å². The summed E-state index contributed by atoms with van der Waals surface area (Å²) in [7, 11) is 0. The van der Waals surface area contributed by atoms with E-state index < -0.39 is 0 Å². The molecule has 2 aliphatic rings. The molecule has 0 unspecified atom stereocenters. The van der Waals surface area contributed by atoms with Crippen LogP contribution >= 0.6 is 0 Å². The molecule has 1 aliphatic carbocycles. The van der Waals surface area contributed by atoms with Crippen LogP contribution in [0.5, 0.6) is 0 Å². The quantitative estimate of drug-likeness (QED) is 0.794. The molecule has 0 spiro atoms. The third-order valence-electron chi connectivity index (χ3n) is 4.21. The fourth-order valence-electron chi connectivity index (χ4n) is 3.11. The number of hydrogen-bond donors (Lipinski definition) is 1. The number of rotatable bonds is 3. The summed E-state index contributed by atoms with van der Waals surface area (Å²) in [5.74, 6) is 1.55. The van der Waals surface area contributed by atoms with Crippen molar-refractivity contribution in [3.8, 4) is 0 Å². The van der Waals surface area contributed by atoms with Gasteiger partial charge in [0.15, 0.2) is 0 Å². The average molecular weight is 224 g/mol. The van der Waals surface area contributed by atoms with E-state index in [9.17, 15) is 4.79 Å². The molecule has 1 saturated heterocycles. The molecule has 3 heteroatoms. The molecule has 0 atom stereocenters. The molecule has 2 fully saturated rings. The number of carbonyl (C=O) groups is 1. The monoisotopic (exact) mass is 224 g/mol. The summed E-state index contributed by atoms with van der Waals surface area (Å²) in [5, 5.41) is 0. The van der Waals surface area contributed by atoms with Crippen LogP contribution in [0.15, 0.2) is 0 Å².